The molecule has 6 nitrogen and oxygen atoms in total. The van der Waals surface area contributed by atoms with Gasteiger partial charge in [-0.25, -0.2) is 0 Å². The van der Waals surface area contributed by atoms with Crippen LogP contribution in [0.4, 0.5) is 0 Å². The minimum atomic E-state index is -0.0743. The summed E-state index contributed by atoms with van der Waals surface area (Å²) in [5.74, 6) is 0.386. The Morgan fingerprint density at radius 3 is 2.92 bits per heavy atom. The van der Waals surface area contributed by atoms with Gasteiger partial charge in [-0.1, -0.05) is 0 Å². The molecule has 132 valence electrons. The smallest absolute Gasteiger partial charge is 0.290 e. The van der Waals surface area contributed by atoms with Gasteiger partial charge in [0.2, 0.25) is 0 Å². The molecule has 0 unspecified atom stereocenters. The quantitative estimate of drug-likeness (QED) is 0.854. The molecule has 0 radical (unpaired) electrons. The maximum atomic E-state index is 12.8. The van der Waals surface area contributed by atoms with Crippen LogP contribution in [0.25, 0.3) is 0 Å². The number of furan rings is 1. The van der Waals surface area contributed by atoms with Crippen LogP contribution in [0.1, 0.15) is 34.5 Å². The third kappa shape index (κ3) is 3.19. The van der Waals surface area contributed by atoms with E-state index >= 15 is 0 Å². The molecule has 3 atom stereocenters. The summed E-state index contributed by atoms with van der Waals surface area (Å²) in [6.07, 6.45) is 6.80. The van der Waals surface area contributed by atoms with E-state index in [2.05, 4.69) is 4.98 Å². The highest BCUT2D eigenvalue weighted by Crippen LogP contribution is 2.33. The predicted octanol–water partition coefficient (Wildman–Crippen LogP) is 2.57. The summed E-state index contributed by atoms with van der Waals surface area (Å²) >= 11 is 0. The van der Waals surface area contributed by atoms with Crippen molar-refractivity contribution in [2.75, 3.05) is 13.2 Å². The Balaban J connectivity index is 1.43. The van der Waals surface area contributed by atoms with Crippen LogP contribution in [0.15, 0.2) is 41.3 Å². The molecule has 1 saturated carbocycles. The Morgan fingerprint density at radius 2 is 2.16 bits per heavy atom. The molecule has 1 aliphatic carbocycles. The lowest BCUT2D eigenvalue weighted by Gasteiger charge is -2.38. The summed E-state index contributed by atoms with van der Waals surface area (Å²) < 4.78 is 17.4. The Labute approximate surface area is 146 Å². The van der Waals surface area contributed by atoms with Crippen LogP contribution in [0.3, 0.4) is 0 Å². The van der Waals surface area contributed by atoms with Crippen molar-refractivity contribution in [3.05, 3.63) is 53.7 Å². The molecular formula is C19H22N2O4. The van der Waals surface area contributed by atoms with E-state index in [1.807, 2.05) is 30.0 Å². The third-order valence-electron chi connectivity index (χ3n) is 5.07. The van der Waals surface area contributed by atoms with E-state index in [1.165, 1.54) is 0 Å². The van der Waals surface area contributed by atoms with Crippen LogP contribution < -0.4 is 0 Å². The van der Waals surface area contributed by atoms with E-state index in [4.69, 9.17) is 13.9 Å². The van der Waals surface area contributed by atoms with E-state index in [1.54, 1.807) is 18.7 Å². The predicted molar refractivity (Wildman–Crippen MR) is 90.1 cm³/mol. The second kappa shape index (κ2) is 6.98. The van der Waals surface area contributed by atoms with Crippen molar-refractivity contribution in [2.24, 2.45) is 0 Å². The van der Waals surface area contributed by atoms with Gasteiger partial charge < -0.3 is 18.8 Å². The number of ether oxygens (including phenoxy) is 2. The first kappa shape index (κ1) is 16.3. The zero-order valence-corrected chi connectivity index (χ0v) is 14.3. The second-order valence-corrected chi connectivity index (χ2v) is 6.62. The molecule has 1 saturated heterocycles. The average molecular weight is 342 g/mol. The zero-order chi connectivity index (χ0) is 17.2. The number of carbonyl (C=O) groups is 1. The number of amides is 1. The van der Waals surface area contributed by atoms with Crippen molar-refractivity contribution in [3.8, 4) is 0 Å². The number of aryl methyl sites for hydroxylation is 1. The molecule has 0 spiro atoms. The molecular weight excluding hydrogens is 320 g/mol. The number of aromatic nitrogens is 1. The van der Waals surface area contributed by atoms with Crippen LogP contribution in [0, 0.1) is 6.92 Å². The highest BCUT2D eigenvalue weighted by Gasteiger charge is 2.45. The summed E-state index contributed by atoms with van der Waals surface area (Å²) in [5, 5.41) is 0. The zero-order valence-electron chi connectivity index (χ0n) is 14.3. The van der Waals surface area contributed by atoms with Gasteiger partial charge in [0.15, 0.2) is 5.76 Å². The van der Waals surface area contributed by atoms with Gasteiger partial charge in [0.25, 0.3) is 5.91 Å². The van der Waals surface area contributed by atoms with Crippen molar-refractivity contribution in [3.63, 3.8) is 0 Å². The van der Waals surface area contributed by atoms with E-state index in [-0.39, 0.29) is 24.2 Å². The minimum Gasteiger partial charge on any atom is -0.459 e. The Hall–Kier alpha value is -2.18. The molecule has 0 bridgehead atoms. The SMILES string of the molecule is Cc1ccoc1C(=O)N1CCO[C@H]2[C@H](OCc3ccncc3)CC[C@@H]21. The molecule has 2 aliphatic rings. The first-order valence-corrected chi connectivity index (χ1v) is 8.71. The molecule has 2 fully saturated rings. The fraction of sp³-hybridized carbons (Fsp3) is 0.474. The van der Waals surface area contributed by atoms with Crippen LogP contribution in [-0.2, 0) is 16.1 Å². The van der Waals surface area contributed by atoms with Crippen LogP contribution in [-0.4, -0.2) is 47.2 Å². The van der Waals surface area contributed by atoms with E-state index in [0.717, 1.165) is 24.0 Å². The van der Waals surface area contributed by atoms with Gasteiger partial charge in [0.05, 0.1) is 31.6 Å². The lowest BCUT2D eigenvalue weighted by Crippen LogP contribution is -2.53. The lowest BCUT2D eigenvalue weighted by molar-refractivity contribution is -0.108. The van der Waals surface area contributed by atoms with Gasteiger partial charge >= 0.3 is 0 Å². The van der Waals surface area contributed by atoms with E-state index < -0.39 is 0 Å². The Bertz CT molecular complexity index is 730. The van der Waals surface area contributed by atoms with Crippen molar-refractivity contribution in [1.82, 2.24) is 9.88 Å². The number of fused-ring (bicyclic) bond motifs is 1. The number of rotatable bonds is 4. The first-order valence-electron chi connectivity index (χ1n) is 8.71. The van der Waals surface area contributed by atoms with Gasteiger partial charge in [-0.05, 0) is 43.5 Å². The number of hydrogen-bond acceptors (Lipinski definition) is 5. The maximum absolute atomic E-state index is 12.8. The summed E-state index contributed by atoms with van der Waals surface area (Å²) in [4.78, 5) is 18.8. The molecule has 6 heteroatoms. The fourth-order valence-corrected chi connectivity index (χ4v) is 3.75. The molecule has 2 aromatic rings. The highest BCUT2D eigenvalue weighted by atomic mass is 16.5. The molecule has 25 heavy (non-hydrogen) atoms. The number of nitrogens with zero attached hydrogens (tertiary/aromatic N) is 2. The van der Waals surface area contributed by atoms with Crippen molar-refractivity contribution < 1.29 is 18.7 Å². The van der Waals surface area contributed by atoms with Crippen LogP contribution in [0.2, 0.25) is 0 Å². The molecule has 1 amide bonds. The third-order valence-corrected chi connectivity index (χ3v) is 5.07. The summed E-state index contributed by atoms with van der Waals surface area (Å²) in [5.41, 5.74) is 1.96. The maximum Gasteiger partial charge on any atom is 0.290 e. The Morgan fingerprint density at radius 1 is 1.32 bits per heavy atom. The van der Waals surface area contributed by atoms with Crippen molar-refractivity contribution >= 4 is 5.91 Å². The minimum absolute atomic E-state index is 0.00598. The normalized spacial score (nSPS) is 25.8. The molecule has 1 aliphatic heterocycles. The van der Waals surface area contributed by atoms with Gasteiger partial charge in [-0.2, -0.15) is 0 Å². The van der Waals surface area contributed by atoms with Crippen LogP contribution in [0.5, 0.6) is 0 Å². The number of morpholine rings is 1. The largest absolute Gasteiger partial charge is 0.459 e. The average Bonchev–Trinajstić information content (AvgIpc) is 3.26. The monoisotopic (exact) mass is 342 g/mol. The molecule has 2 aromatic heterocycles. The number of pyridine rings is 1. The molecule has 0 N–H and O–H groups in total. The number of carbonyl (C=O) groups excluding carboxylic acids is 1. The van der Waals surface area contributed by atoms with Gasteiger partial charge in [0.1, 0.15) is 6.10 Å². The lowest BCUT2D eigenvalue weighted by atomic mass is 10.1. The van der Waals surface area contributed by atoms with Gasteiger partial charge in [0, 0.05) is 24.5 Å². The topological polar surface area (TPSA) is 64.8 Å². The van der Waals surface area contributed by atoms with Crippen molar-refractivity contribution in [2.45, 2.75) is 44.6 Å². The highest BCUT2D eigenvalue weighted by molar-refractivity contribution is 5.93. The molecule has 3 heterocycles. The standard InChI is InChI=1S/C19H22N2O4/c1-13-6-10-23-17(13)19(22)21-9-11-24-18-15(21)2-3-16(18)25-12-14-4-7-20-8-5-14/h4-8,10,15-16,18H,2-3,9,11-12H2,1H3/t15-,16+,18+/m0/s1. The molecule has 4 rings (SSSR count). The Kier molecular flexibility index (Phi) is 4.55. The fourth-order valence-electron chi connectivity index (χ4n) is 3.75. The summed E-state index contributed by atoms with van der Waals surface area (Å²) in [6.45, 7) is 3.55. The second-order valence-electron chi connectivity index (χ2n) is 6.62. The van der Waals surface area contributed by atoms with E-state index in [9.17, 15) is 4.79 Å². The number of hydrogen-bond donors (Lipinski definition) is 0. The van der Waals surface area contributed by atoms with Gasteiger partial charge in [-0.15, -0.1) is 0 Å². The first-order chi connectivity index (χ1) is 12.2. The summed E-state index contributed by atoms with van der Waals surface area (Å²) in [7, 11) is 0. The van der Waals surface area contributed by atoms with Crippen LogP contribution >= 0.6 is 0 Å². The van der Waals surface area contributed by atoms with E-state index in [0.29, 0.717) is 25.5 Å². The summed E-state index contributed by atoms with van der Waals surface area (Å²) in [6, 6.07) is 5.77. The van der Waals surface area contributed by atoms with Crippen molar-refractivity contribution in [1.29, 1.82) is 0 Å². The van der Waals surface area contributed by atoms with Gasteiger partial charge in [-0.3, -0.25) is 9.78 Å². The molecule has 0 aromatic carbocycles.